The highest BCUT2D eigenvalue weighted by molar-refractivity contribution is 6.29. The third-order valence-electron chi connectivity index (χ3n) is 3.06. The first-order valence-electron chi connectivity index (χ1n) is 5.99. The van der Waals surface area contributed by atoms with Gasteiger partial charge in [0.1, 0.15) is 16.6 Å². The van der Waals surface area contributed by atoms with E-state index in [1.807, 2.05) is 6.07 Å². The highest BCUT2D eigenvalue weighted by atomic mass is 35.5. The molecule has 5 heteroatoms. The fourth-order valence-corrected chi connectivity index (χ4v) is 2.45. The van der Waals surface area contributed by atoms with Crippen molar-refractivity contribution >= 4 is 17.2 Å². The average Bonchev–Trinajstić information content (AvgIpc) is 2.80. The molecule has 0 bridgehead atoms. The Morgan fingerprint density at radius 2 is 1.95 bits per heavy atom. The van der Waals surface area contributed by atoms with Gasteiger partial charge in [0.25, 0.3) is 0 Å². The summed E-state index contributed by atoms with van der Waals surface area (Å²) in [5.74, 6) is -0.308. The lowest BCUT2D eigenvalue weighted by atomic mass is 10.1. The summed E-state index contributed by atoms with van der Waals surface area (Å²) in [5.41, 5.74) is 2.79. The largest absolute Gasteiger partial charge is 0.285 e. The minimum absolute atomic E-state index is 0.178. The fraction of sp³-hybridized carbons (Fsp3) is 0.0667. The number of halogens is 2. The second-order valence-electron chi connectivity index (χ2n) is 4.29. The average molecular weight is 286 g/mol. The van der Waals surface area contributed by atoms with E-state index < -0.39 is 0 Å². The molecular weight excluding hydrogens is 277 g/mol. The quantitative estimate of drug-likeness (QED) is 0.671. The maximum absolute atomic E-state index is 13.0. The Morgan fingerprint density at radius 1 is 1.20 bits per heavy atom. The first kappa shape index (κ1) is 12.6. The van der Waals surface area contributed by atoms with Gasteiger partial charge >= 0.3 is 0 Å². The lowest BCUT2D eigenvalue weighted by Crippen LogP contribution is -1.94. The third-order valence-corrected chi connectivity index (χ3v) is 3.35. The van der Waals surface area contributed by atoms with Crippen molar-refractivity contribution in [1.29, 1.82) is 5.26 Å². The van der Waals surface area contributed by atoms with Gasteiger partial charge in [-0.3, -0.25) is 4.40 Å². The summed E-state index contributed by atoms with van der Waals surface area (Å²) in [6, 6.07) is 13.5. The molecule has 0 fully saturated rings. The van der Waals surface area contributed by atoms with Crippen molar-refractivity contribution < 1.29 is 4.39 Å². The summed E-state index contributed by atoms with van der Waals surface area (Å²) in [6.45, 7) is 0. The van der Waals surface area contributed by atoms with Gasteiger partial charge in [0, 0.05) is 5.56 Å². The van der Waals surface area contributed by atoms with Crippen LogP contribution >= 0.6 is 11.6 Å². The number of benzene rings is 1. The number of hydrogen-bond acceptors (Lipinski definition) is 2. The van der Waals surface area contributed by atoms with Gasteiger partial charge in [-0.15, -0.1) is 0 Å². The van der Waals surface area contributed by atoms with Crippen LogP contribution in [0.15, 0.2) is 42.5 Å². The molecule has 0 amide bonds. The molecule has 0 N–H and O–H groups in total. The Kier molecular flexibility index (Phi) is 3.13. The van der Waals surface area contributed by atoms with E-state index in [1.54, 1.807) is 28.7 Å². The van der Waals surface area contributed by atoms with Crippen LogP contribution < -0.4 is 0 Å². The summed E-state index contributed by atoms with van der Waals surface area (Å²) in [5, 5.41) is 9.50. The van der Waals surface area contributed by atoms with Crippen LogP contribution in [0.25, 0.3) is 16.9 Å². The Labute approximate surface area is 119 Å². The molecule has 0 atom stereocenters. The van der Waals surface area contributed by atoms with Crippen molar-refractivity contribution in [2.45, 2.75) is 6.42 Å². The number of rotatable bonds is 2. The van der Waals surface area contributed by atoms with Gasteiger partial charge in [-0.1, -0.05) is 17.7 Å². The molecule has 0 spiro atoms. The molecule has 0 saturated heterocycles. The highest BCUT2D eigenvalue weighted by Crippen LogP contribution is 2.27. The van der Waals surface area contributed by atoms with E-state index in [1.165, 1.54) is 12.1 Å². The summed E-state index contributed by atoms with van der Waals surface area (Å²) < 4.78 is 14.8. The zero-order valence-electron chi connectivity index (χ0n) is 10.3. The molecule has 3 rings (SSSR count). The van der Waals surface area contributed by atoms with Gasteiger partial charge in [0.2, 0.25) is 0 Å². The second-order valence-corrected chi connectivity index (χ2v) is 4.68. The number of fused-ring (bicyclic) bond motifs is 1. The minimum Gasteiger partial charge on any atom is -0.285 e. The SMILES string of the molecule is N#CCc1c(-c2ccc(F)cc2)nc2cccc(Cl)n12. The van der Waals surface area contributed by atoms with Crippen molar-refractivity contribution in [3.63, 3.8) is 0 Å². The predicted molar refractivity (Wildman–Crippen MR) is 74.9 cm³/mol. The standard InChI is InChI=1S/C15H9ClFN3/c16-13-2-1-3-14-19-15(12(8-9-18)20(13)14)10-4-6-11(17)7-5-10/h1-7H,8H2. The van der Waals surface area contributed by atoms with Crippen molar-refractivity contribution in [2.75, 3.05) is 0 Å². The maximum atomic E-state index is 13.0. The van der Waals surface area contributed by atoms with Crippen molar-refractivity contribution in [3.05, 3.63) is 59.1 Å². The van der Waals surface area contributed by atoms with E-state index >= 15 is 0 Å². The summed E-state index contributed by atoms with van der Waals surface area (Å²) in [7, 11) is 0. The van der Waals surface area contributed by atoms with Crippen LogP contribution in [0.4, 0.5) is 4.39 Å². The van der Waals surface area contributed by atoms with Crippen LogP contribution in [0.1, 0.15) is 5.69 Å². The maximum Gasteiger partial charge on any atom is 0.138 e. The minimum atomic E-state index is -0.308. The second kappa shape index (κ2) is 4.95. The summed E-state index contributed by atoms with van der Waals surface area (Å²) >= 11 is 6.18. The van der Waals surface area contributed by atoms with Gasteiger partial charge in [0.15, 0.2) is 0 Å². The monoisotopic (exact) mass is 285 g/mol. The van der Waals surface area contributed by atoms with Gasteiger partial charge in [-0.2, -0.15) is 5.26 Å². The van der Waals surface area contributed by atoms with E-state index in [4.69, 9.17) is 16.9 Å². The molecule has 0 saturated carbocycles. The first-order chi connectivity index (χ1) is 9.70. The third kappa shape index (κ3) is 2.02. The fourth-order valence-electron chi connectivity index (χ4n) is 2.19. The van der Waals surface area contributed by atoms with E-state index in [0.717, 1.165) is 5.56 Å². The van der Waals surface area contributed by atoms with Gasteiger partial charge in [0.05, 0.1) is 23.9 Å². The van der Waals surface area contributed by atoms with E-state index in [2.05, 4.69) is 11.1 Å². The molecule has 1 aromatic carbocycles. The molecule has 0 aliphatic heterocycles. The number of nitrogens with zero attached hydrogens (tertiary/aromatic N) is 3. The number of imidazole rings is 1. The van der Waals surface area contributed by atoms with E-state index in [9.17, 15) is 4.39 Å². The Hall–Kier alpha value is -2.38. The highest BCUT2D eigenvalue weighted by Gasteiger charge is 2.15. The zero-order valence-corrected chi connectivity index (χ0v) is 11.1. The molecule has 2 aromatic heterocycles. The molecule has 3 nitrogen and oxygen atoms in total. The lowest BCUT2D eigenvalue weighted by Gasteiger charge is -2.03. The van der Waals surface area contributed by atoms with E-state index in [0.29, 0.717) is 22.2 Å². The van der Waals surface area contributed by atoms with Crippen LogP contribution in [0.5, 0.6) is 0 Å². The Morgan fingerprint density at radius 3 is 2.65 bits per heavy atom. The molecule has 2 heterocycles. The predicted octanol–water partition coefficient (Wildman–Crippen LogP) is 3.86. The summed E-state index contributed by atoms with van der Waals surface area (Å²) in [4.78, 5) is 4.50. The summed E-state index contributed by atoms with van der Waals surface area (Å²) in [6.07, 6.45) is 0.178. The van der Waals surface area contributed by atoms with Crippen LogP contribution in [-0.4, -0.2) is 9.38 Å². The number of aromatic nitrogens is 2. The first-order valence-corrected chi connectivity index (χ1v) is 6.37. The molecule has 98 valence electrons. The molecule has 0 aliphatic carbocycles. The van der Waals surface area contributed by atoms with Gasteiger partial charge in [-0.05, 0) is 36.4 Å². The topological polar surface area (TPSA) is 41.1 Å². The van der Waals surface area contributed by atoms with Crippen molar-refractivity contribution in [3.8, 4) is 17.3 Å². The van der Waals surface area contributed by atoms with Crippen LogP contribution in [0.2, 0.25) is 5.15 Å². The van der Waals surface area contributed by atoms with Crippen LogP contribution in [0, 0.1) is 17.1 Å². The van der Waals surface area contributed by atoms with Crippen molar-refractivity contribution in [1.82, 2.24) is 9.38 Å². The Balaban J connectivity index is 2.30. The molecule has 20 heavy (non-hydrogen) atoms. The van der Waals surface area contributed by atoms with Gasteiger partial charge in [-0.25, -0.2) is 9.37 Å². The Bertz CT molecular complexity index is 815. The molecule has 3 aromatic rings. The number of pyridine rings is 1. The van der Waals surface area contributed by atoms with Crippen LogP contribution in [0.3, 0.4) is 0 Å². The zero-order chi connectivity index (χ0) is 14.1. The van der Waals surface area contributed by atoms with E-state index in [-0.39, 0.29) is 12.2 Å². The number of nitriles is 1. The smallest absolute Gasteiger partial charge is 0.138 e. The molecular formula is C15H9ClFN3. The molecule has 0 unspecified atom stereocenters. The molecule has 0 aliphatic rings. The molecule has 0 radical (unpaired) electrons. The lowest BCUT2D eigenvalue weighted by molar-refractivity contribution is 0.628. The van der Waals surface area contributed by atoms with Gasteiger partial charge < -0.3 is 0 Å². The van der Waals surface area contributed by atoms with Crippen LogP contribution in [-0.2, 0) is 6.42 Å². The normalized spacial score (nSPS) is 10.7. The van der Waals surface area contributed by atoms with Crippen molar-refractivity contribution in [2.24, 2.45) is 0 Å². The number of hydrogen-bond donors (Lipinski definition) is 0.